The van der Waals surface area contributed by atoms with E-state index in [9.17, 15) is 23.9 Å². The van der Waals surface area contributed by atoms with Crippen LogP contribution < -0.4 is 58.8 Å². The van der Waals surface area contributed by atoms with Gasteiger partial charge in [-0.3, -0.25) is 14.3 Å². The van der Waals surface area contributed by atoms with E-state index in [4.69, 9.17) is 4.74 Å². The van der Waals surface area contributed by atoms with E-state index in [0.29, 0.717) is 5.56 Å². The van der Waals surface area contributed by atoms with Gasteiger partial charge in [0.25, 0.3) is 5.56 Å². The maximum absolute atomic E-state index is 11.4. The van der Waals surface area contributed by atoms with Gasteiger partial charge in [-0.05, 0) is 21.4 Å². The summed E-state index contributed by atoms with van der Waals surface area (Å²) in [6.07, 6.45) is -0.232. The number of H-pyrrole nitrogens is 1. The third-order valence-electron chi connectivity index (χ3n) is 2.16. The van der Waals surface area contributed by atoms with Crippen molar-refractivity contribution in [3.63, 3.8) is 0 Å². The number of hydrogen-bond acceptors (Lipinski definition) is 6. The first kappa shape index (κ1) is 22.3. The number of ether oxygens (including phenoxy) is 1. The number of hydrogen-bond donors (Lipinski definition) is 1. The summed E-state index contributed by atoms with van der Waals surface area (Å²) in [6, 6.07) is 0. The van der Waals surface area contributed by atoms with Crippen molar-refractivity contribution in [2.24, 2.45) is 0 Å². The molecular formula is C9H13Li2N2O6P. The fourth-order valence-electron chi connectivity index (χ4n) is 1.30. The molecule has 102 valence electrons. The molecule has 1 aromatic rings. The van der Waals surface area contributed by atoms with Gasteiger partial charge in [0, 0.05) is 11.8 Å². The molecule has 0 fully saturated rings. The molecule has 1 heterocycles. The van der Waals surface area contributed by atoms with Crippen molar-refractivity contribution < 1.29 is 56.8 Å². The molecule has 0 saturated carbocycles. The number of nitrogens with one attached hydrogen (secondary N) is 1. The molecular weight excluding hydrogens is 277 g/mol. The second-order valence-corrected chi connectivity index (χ2v) is 5.42. The molecule has 0 bridgehead atoms. The van der Waals surface area contributed by atoms with Crippen molar-refractivity contribution >= 4 is 7.60 Å². The number of nitrogens with zero attached hydrogens (tertiary/aromatic N) is 1. The van der Waals surface area contributed by atoms with Crippen LogP contribution in [0.3, 0.4) is 0 Å². The smallest absolute Gasteiger partial charge is 0.809 e. The Morgan fingerprint density at radius 1 is 1.40 bits per heavy atom. The molecule has 0 spiro atoms. The van der Waals surface area contributed by atoms with Crippen LogP contribution in [0.15, 0.2) is 15.8 Å². The van der Waals surface area contributed by atoms with Crippen molar-refractivity contribution in [3.8, 4) is 0 Å². The van der Waals surface area contributed by atoms with Crippen molar-refractivity contribution in [1.82, 2.24) is 9.55 Å². The van der Waals surface area contributed by atoms with Gasteiger partial charge in [0.2, 0.25) is 0 Å². The van der Waals surface area contributed by atoms with Crippen molar-refractivity contribution in [3.05, 3.63) is 32.6 Å². The Balaban J connectivity index is 0. The molecule has 1 aromatic heterocycles. The van der Waals surface area contributed by atoms with Gasteiger partial charge in [-0.15, -0.1) is 0 Å². The first-order valence-electron chi connectivity index (χ1n) is 5.12. The number of aryl methyl sites for hydroxylation is 1. The first-order chi connectivity index (χ1) is 8.19. The third kappa shape index (κ3) is 7.68. The molecule has 1 atom stereocenters. The van der Waals surface area contributed by atoms with Crippen LogP contribution in [0.1, 0.15) is 12.5 Å². The zero-order chi connectivity index (χ0) is 13.9. The van der Waals surface area contributed by atoms with Crippen molar-refractivity contribution in [2.75, 3.05) is 6.35 Å². The van der Waals surface area contributed by atoms with Gasteiger partial charge < -0.3 is 19.1 Å². The summed E-state index contributed by atoms with van der Waals surface area (Å²) in [7, 11) is -4.72. The average Bonchev–Trinajstić information content (AvgIpc) is 2.22. The maximum Gasteiger partial charge on any atom is 1.00 e. The van der Waals surface area contributed by atoms with Gasteiger partial charge in [-0.2, -0.15) is 0 Å². The second-order valence-electron chi connectivity index (χ2n) is 3.94. The summed E-state index contributed by atoms with van der Waals surface area (Å²) in [5.41, 5.74) is -0.748. The van der Waals surface area contributed by atoms with Gasteiger partial charge in [0.15, 0.2) is 0 Å². The molecule has 1 N–H and O–H groups in total. The summed E-state index contributed by atoms with van der Waals surface area (Å²) in [5.74, 6) is 0. The van der Waals surface area contributed by atoms with E-state index in [-0.39, 0.29) is 44.3 Å². The van der Waals surface area contributed by atoms with Crippen molar-refractivity contribution in [2.45, 2.75) is 26.5 Å². The second kappa shape index (κ2) is 9.09. The van der Waals surface area contributed by atoms with Crippen LogP contribution in [0.5, 0.6) is 0 Å². The van der Waals surface area contributed by atoms with Crippen LogP contribution >= 0.6 is 7.60 Å². The molecule has 0 saturated heterocycles. The Labute approximate surface area is 139 Å². The van der Waals surface area contributed by atoms with E-state index in [1.54, 1.807) is 0 Å². The molecule has 0 aromatic carbocycles. The maximum atomic E-state index is 11.4. The van der Waals surface area contributed by atoms with Crippen LogP contribution in [0.25, 0.3) is 0 Å². The molecule has 0 unspecified atom stereocenters. The molecule has 0 amide bonds. The van der Waals surface area contributed by atoms with Crippen LogP contribution in [0.4, 0.5) is 0 Å². The summed E-state index contributed by atoms with van der Waals surface area (Å²) in [6.45, 7) is 3.09. The predicted molar refractivity (Wildman–Crippen MR) is 59.1 cm³/mol. The Morgan fingerprint density at radius 2 is 1.95 bits per heavy atom. The Hall–Kier alpha value is -0.0152. The normalized spacial score (nSPS) is 12.2. The Morgan fingerprint density at radius 3 is 2.45 bits per heavy atom. The van der Waals surface area contributed by atoms with Crippen LogP contribution in [0.2, 0.25) is 0 Å². The fraction of sp³-hybridized carbons (Fsp3) is 0.556. The molecule has 20 heavy (non-hydrogen) atoms. The molecule has 0 aliphatic carbocycles. The third-order valence-corrected chi connectivity index (χ3v) is 2.63. The molecule has 0 aliphatic heterocycles. The van der Waals surface area contributed by atoms with E-state index < -0.39 is 31.3 Å². The van der Waals surface area contributed by atoms with Crippen LogP contribution in [0, 0.1) is 6.92 Å². The quantitative estimate of drug-likeness (QED) is 0.424. The van der Waals surface area contributed by atoms with Crippen LogP contribution in [-0.4, -0.2) is 22.0 Å². The minimum absolute atomic E-state index is 0. The summed E-state index contributed by atoms with van der Waals surface area (Å²) in [4.78, 5) is 45.4. The summed E-state index contributed by atoms with van der Waals surface area (Å²) >= 11 is 0. The van der Waals surface area contributed by atoms with E-state index in [2.05, 4.69) is 4.98 Å². The van der Waals surface area contributed by atoms with E-state index in [1.165, 1.54) is 24.6 Å². The van der Waals surface area contributed by atoms with E-state index >= 15 is 0 Å². The van der Waals surface area contributed by atoms with Gasteiger partial charge in [-0.1, -0.05) is 0 Å². The SMILES string of the molecule is Cc1cn(C[C@H](C)OCP(=O)([O-])[O-])c(=O)[nH]c1=O.[Li+].[Li+]. The number of rotatable bonds is 5. The number of aromatic nitrogens is 2. The molecule has 0 radical (unpaired) electrons. The van der Waals surface area contributed by atoms with E-state index in [0.717, 1.165) is 0 Å². The Kier molecular flexibility index (Phi) is 10.1. The predicted octanol–water partition coefficient (Wildman–Crippen LogP) is -7.87. The van der Waals surface area contributed by atoms with E-state index in [1.807, 2.05) is 0 Å². The van der Waals surface area contributed by atoms with Gasteiger partial charge in [0.05, 0.1) is 19.0 Å². The van der Waals surface area contributed by atoms with Gasteiger partial charge >= 0.3 is 43.4 Å². The molecule has 0 aliphatic rings. The minimum atomic E-state index is -4.72. The van der Waals surface area contributed by atoms with Crippen LogP contribution in [-0.2, 0) is 15.8 Å². The average molecular weight is 290 g/mol. The number of aromatic amines is 1. The summed E-state index contributed by atoms with van der Waals surface area (Å²) in [5, 5.41) is 0. The largest absolute Gasteiger partial charge is 1.00 e. The standard InChI is InChI=1S/C9H15N2O6P.2Li/c1-6-3-11(9(13)10-8(6)12)4-7(2)17-5-18(14,15)16;;/h3,7H,4-5H2,1-2H3,(H,10,12,13)(H2,14,15,16);;/q;2*+1/p-2/t7-;;/m0../s1. The zero-order valence-corrected chi connectivity index (χ0v) is 12.8. The zero-order valence-electron chi connectivity index (χ0n) is 11.9. The van der Waals surface area contributed by atoms with Gasteiger partial charge in [0.1, 0.15) is 0 Å². The molecule has 8 nitrogen and oxygen atoms in total. The topological polar surface area (TPSA) is 127 Å². The van der Waals surface area contributed by atoms with Crippen molar-refractivity contribution in [1.29, 1.82) is 0 Å². The minimum Gasteiger partial charge on any atom is -0.809 e. The van der Waals surface area contributed by atoms with Gasteiger partial charge in [-0.25, -0.2) is 4.79 Å². The summed E-state index contributed by atoms with van der Waals surface area (Å²) < 4.78 is 16.4. The monoisotopic (exact) mass is 290 g/mol. The molecule has 1 rings (SSSR count). The Bertz CT molecular complexity index is 581. The molecule has 11 heteroatoms. The fourth-order valence-corrected chi connectivity index (χ4v) is 1.74. The first-order valence-corrected chi connectivity index (χ1v) is 6.85.